The van der Waals surface area contributed by atoms with Crippen LogP contribution in [0.5, 0.6) is 0 Å². The average Bonchev–Trinajstić information content (AvgIpc) is 3.32. The Morgan fingerprint density at radius 2 is 1.26 bits per heavy atom. The zero-order chi connectivity index (χ0) is 28.6. The molecule has 0 bridgehead atoms. The number of allylic oxidation sites excluding steroid dienone is 1. The molecular formula is C36H26FN5. The zero-order valence-electron chi connectivity index (χ0n) is 22.9. The van der Waals surface area contributed by atoms with Crippen molar-refractivity contribution in [1.82, 2.24) is 19.5 Å². The molecule has 0 spiro atoms. The molecular weight excluding hydrogens is 521 g/mol. The Balaban J connectivity index is 1.33. The van der Waals surface area contributed by atoms with Crippen LogP contribution in [0.2, 0.25) is 0 Å². The number of nitrogens with two attached hydrogens (primary N) is 1. The summed E-state index contributed by atoms with van der Waals surface area (Å²) in [5.41, 5.74) is 12.8. The summed E-state index contributed by atoms with van der Waals surface area (Å²) in [6.45, 7) is 1.95. The highest BCUT2D eigenvalue weighted by Gasteiger charge is 2.17. The Labute approximate surface area is 242 Å². The van der Waals surface area contributed by atoms with Crippen LogP contribution in [0.4, 0.5) is 10.1 Å². The van der Waals surface area contributed by atoms with Crippen LogP contribution < -0.4 is 5.73 Å². The van der Waals surface area contributed by atoms with E-state index in [9.17, 15) is 0 Å². The van der Waals surface area contributed by atoms with E-state index in [2.05, 4.69) is 18.2 Å². The fraction of sp³-hybridized carbons (Fsp3) is 0.0278. The van der Waals surface area contributed by atoms with Gasteiger partial charge < -0.3 is 5.73 Å². The number of anilines is 1. The fourth-order valence-corrected chi connectivity index (χ4v) is 5.48. The van der Waals surface area contributed by atoms with Crippen molar-refractivity contribution >= 4 is 33.4 Å². The lowest BCUT2D eigenvalue weighted by molar-refractivity contribution is 0.626. The molecule has 2 N–H and O–H groups in total. The van der Waals surface area contributed by atoms with Crippen LogP contribution in [0.1, 0.15) is 12.6 Å². The number of hydrogen-bond acceptors (Lipinski definition) is 4. The molecule has 0 unspecified atom stereocenters. The quantitative estimate of drug-likeness (QED) is 0.234. The second kappa shape index (κ2) is 10.4. The number of benzene rings is 3. The highest BCUT2D eigenvalue weighted by atomic mass is 19.1. The SMILES string of the molecule is C/C=C\c1c(N)c2ccccc2n1-c1cccc(-c2cc(F)cc(-c3cccc(-c4cccc5ccccc45)n3)n2)n1. The largest absolute Gasteiger partial charge is 0.396 e. The highest BCUT2D eigenvalue weighted by molar-refractivity contribution is 5.98. The molecule has 42 heavy (non-hydrogen) atoms. The first-order valence-electron chi connectivity index (χ1n) is 13.7. The van der Waals surface area contributed by atoms with Crippen molar-refractivity contribution in [3.05, 3.63) is 133 Å². The van der Waals surface area contributed by atoms with Gasteiger partial charge in [0, 0.05) is 23.1 Å². The second-order valence-corrected chi connectivity index (χ2v) is 10.0. The topological polar surface area (TPSA) is 69.6 Å². The molecule has 0 saturated carbocycles. The molecule has 4 aromatic heterocycles. The van der Waals surface area contributed by atoms with E-state index in [4.69, 9.17) is 20.7 Å². The normalized spacial score (nSPS) is 11.6. The van der Waals surface area contributed by atoms with Gasteiger partial charge in [-0.3, -0.25) is 4.57 Å². The predicted molar refractivity (Wildman–Crippen MR) is 170 cm³/mol. The molecule has 7 aromatic rings. The first kappa shape index (κ1) is 25.4. The van der Waals surface area contributed by atoms with E-state index >= 15 is 4.39 Å². The number of aromatic nitrogens is 4. The third-order valence-electron chi connectivity index (χ3n) is 7.37. The number of pyridine rings is 3. The Morgan fingerprint density at radius 3 is 2.07 bits per heavy atom. The van der Waals surface area contributed by atoms with E-state index < -0.39 is 5.82 Å². The molecule has 4 heterocycles. The van der Waals surface area contributed by atoms with Gasteiger partial charge in [0.1, 0.15) is 11.6 Å². The summed E-state index contributed by atoms with van der Waals surface area (Å²) in [4.78, 5) is 14.6. The molecule has 3 aromatic carbocycles. The zero-order valence-corrected chi connectivity index (χ0v) is 22.9. The minimum absolute atomic E-state index is 0.412. The minimum Gasteiger partial charge on any atom is -0.396 e. The number of nitrogens with zero attached hydrogens (tertiary/aromatic N) is 4. The van der Waals surface area contributed by atoms with Gasteiger partial charge in [0.2, 0.25) is 0 Å². The molecule has 0 aliphatic rings. The third kappa shape index (κ3) is 4.39. The Hall–Kier alpha value is -5.62. The number of nitrogen functional groups attached to an aromatic ring is 1. The van der Waals surface area contributed by atoms with Crippen LogP contribution in [-0.4, -0.2) is 19.5 Å². The van der Waals surface area contributed by atoms with Gasteiger partial charge in [-0.15, -0.1) is 0 Å². The van der Waals surface area contributed by atoms with Crippen LogP contribution in [0, 0.1) is 5.82 Å². The molecule has 202 valence electrons. The maximum absolute atomic E-state index is 15.1. The first-order chi connectivity index (χ1) is 20.6. The smallest absolute Gasteiger partial charge is 0.138 e. The Kier molecular flexibility index (Phi) is 6.28. The summed E-state index contributed by atoms with van der Waals surface area (Å²) >= 11 is 0. The van der Waals surface area contributed by atoms with Gasteiger partial charge >= 0.3 is 0 Å². The number of hydrogen-bond donors (Lipinski definition) is 1. The van der Waals surface area contributed by atoms with Gasteiger partial charge in [-0.1, -0.05) is 78.9 Å². The molecule has 0 saturated heterocycles. The van der Waals surface area contributed by atoms with Gasteiger partial charge in [0.05, 0.1) is 45.4 Å². The van der Waals surface area contributed by atoms with E-state index in [1.54, 1.807) is 0 Å². The third-order valence-corrected chi connectivity index (χ3v) is 7.37. The van der Waals surface area contributed by atoms with Crippen LogP contribution >= 0.6 is 0 Å². The van der Waals surface area contributed by atoms with Crippen LogP contribution in [0.15, 0.2) is 121 Å². The van der Waals surface area contributed by atoms with E-state index in [0.29, 0.717) is 34.3 Å². The van der Waals surface area contributed by atoms with Gasteiger partial charge in [-0.25, -0.2) is 19.3 Å². The van der Waals surface area contributed by atoms with Crippen molar-refractivity contribution in [3.63, 3.8) is 0 Å². The van der Waals surface area contributed by atoms with E-state index in [1.165, 1.54) is 12.1 Å². The van der Waals surface area contributed by atoms with Crippen molar-refractivity contribution in [2.75, 3.05) is 5.73 Å². The Morgan fingerprint density at radius 1 is 0.643 bits per heavy atom. The lowest BCUT2D eigenvalue weighted by Crippen LogP contribution is -2.02. The number of halogens is 1. The maximum atomic E-state index is 15.1. The van der Waals surface area contributed by atoms with Gasteiger partial charge in [-0.05, 0) is 54.1 Å². The lowest BCUT2D eigenvalue weighted by Gasteiger charge is -2.11. The van der Waals surface area contributed by atoms with Gasteiger partial charge in [-0.2, -0.15) is 0 Å². The lowest BCUT2D eigenvalue weighted by atomic mass is 10.0. The van der Waals surface area contributed by atoms with Crippen molar-refractivity contribution < 1.29 is 4.39 Å². The number of rotatable bonds is 5. The fourth-order valence-electron chi connectivity index (χ4n) is 5.48. The minimum atomic E-state index is -0.412. The molecule has 0 aliphatic heterocycles. The molecule has 0 atom stereocenters. The maximum Gasteiger partial charge on any atom is 0.138 e. The van der Waals surface area contributed by atoms with E-state index in [0.717, 1.165) is 38.6 Å². The van der Waals surface area contributed by atoms with Crippen LogP contribution in [0.25, 0.3) is 67.6 Å². The van der Waals surface area contributed by atoms with Crippen LogP contribution in [-0.2, 0) is 0 Å². The standard InChI is InChI=1S/C36H26FN5/c1-2-10-34-36(38)27-14-5-6-19-33(27)42(34)35-20-9-18-30(41-35)32-22-24(37)21-31(40-32)29-17-8-16-28(39-29)26-15-7-12-23-11-3-4-13-25(23)26/h2-22H,38H2,1H3/b10-2-. The van der Waals surface area contributed by atoms with Crippen molar-refractivity contribution in [2.45, 2.75) is 6.92 Å². The molecule has 0 radical (unpaired) electrons. The predicted octanol–water partition coefficient (Wildman–Crippen LogP) is 8.72. The molecule has 0 amide bonds. The second-order valence-electron chi connectivity index (χ2n) is 10.0. The van der Waals surface area contributed by atoms with Crippen molar-refractivity contribution in [3.8, 4) is 39.9 Å². The van der Waals surface area contributed by atoms with Gasteiger partial charge in [0.15, 0.2) is 0 Å². The average molecular weight is 548 g/mol. The first-order valence-corrected chi connectivity index (χ1v) is 13.7. The van der Waals surface area contributed by atoms with E-state index in [1.807, 2.05) is 109 Å². The summed E-state index contributed by atoms with van der Waals surface area (Å²) in [5.74, 6) is 0.252. The van der Waals surface area contributed by atoms with Gasteiger partial charge in [0.25, 0.3) is 0 Å². The molecule has 0 aliphatic carbocycles. The molecule has 7 rings (SSSR count). The molecule has 0 fully saturated rings. The summed E-state index contributed by atoms with van der Waals surface area (Å²) in [7, 11) is 0. The molecule has 6 heteroatoms. The summed E-state index contributed by atoms with van der Waals surface area (Å²) in [5, 5.41) is 3.18. The van der Waals surface area contributed by atoms with E-state index in [-0.39, 0.29) is 0 Å². The Bertz CT molecular complexity index is 2140. The monoisotopic (exact) mass is 547 g/mol. The number of para-hydroxylation sites is 1. The highest BCUT2D eigenvalue weighted by Crippen LogP contribution is 2.33. The van der Waals surface area contributed by atoms with Crippen LogP contribution in [0.3, 0.4) is 0 Å². The molecule has 5 nitrogen and oxygen atoms in total. The summed E-state index contributed by atoms with van der Waals surface area (Å²) < 4.78 is 17.1. The van der Waals surface area contributed by atoms with Crippen molar-refractivity contribution in [2.24, 2.45) is 0 Å². The summed E-state index contributed by atoms with van der Waals surface area (Å²) in [6, 6.07) is 36.5. The van der Waals surface area contributed by atoms with Crippen molar-refractivity contribution in [1.29, 1.82) is 0 Å². The number of fused-ring (bicyclic) bond motifs is 2. The summed E-state index contributed by atoms with van der Waals surface area (Å²) in [6.07, 6.45) is 3.92.